The SMILES string of the molecule is C[n+]1c(Oc2ccccc2)ccc2ccccc21.[O-][Cl+3]([O-])([O-])[O-]. The van der Waals surface area contributed by atoms with Gasteiger partial charge in [0, 0.05) is 11.5 Å². The lowest BCUT2D eigenvalue weighted by atomic mass is 10.2. The Kier molecular flexibility index (Phi) is 5.49. The Morgan fingerprint density at radius 3 is 2.00 bits per heavy atom. The molecule has 7 heteroatoms. The van der Waals surface area contributed by atoms with E-state index in [1.807, 2.05) is 55.6 Å². The Morgan fingerprint density at radius 2 is 1.35 bits per heavy atom. The molecule has 0 atom stereocenters. The van der Waals surface area contributed by atoms with Gasteiger partial charge in [-0.1, -0.05) is 30.3 Å². The van der Waals surface area contributed by atoms with Crippen molar-refractivity contribution in [3.8, 4) is 11.6 Å². The van der Waals surface area contributed by atoms with Crippen LogP contribution in [-0.4, -0.2) is 0 Å². The van der Waals surface area contributed by atoms with Gasteiger partial charge in [-0.05, 0) is 24.3 Å². The highest BCUT2D eigenvalue weighted by atomic mass is 35.7. The number of aryl methyl sites for hydroxylation is 1. The monoisotopic (exact) mass is 335 g/mol. The van der Waals surface area contributed by atoms with E-state index in [0.717, 1.165) is 17.1 Å². The summed E-state index contributed by atoms with van der Waals surface area (Å²) < 4.78 is 41.9. The van der Waals surface area contributed by atoms with Crippen molar-refractivity contribution in [2.75, 3.05) is 0 Å². The fourth-order valence-corrected chi connectivity index (χ4v) is 2.04. The third-order valence-corrected chi connectivity index (χ3v) is 3.00. The molecule has 3 rings (SSSR count). The molecule has 6 nitrogen and oxygen atoms in total. The van der Waals surface area contributed by atoms with E-state index in [9.17, 15) is 0 Å². The molecule has 0 radical (unpaired) electrons. The van der Waals surface area contributed by atoms with E-state index in [2.05, 4.69) is 22.8 Å². The molecular weight excluding hydrogens is 322 g/mol. The first-order valence-corrected chi connectivity index (χ1v) is 7.80. The zero-order chi connectivity index (χ0) is 16.9. The van der Waals surface area contributed by atoms with Gasteiger partial charge in [0.25, 0.3) is 0 Å². The summed E-state index contributed by atoms with van der Waals surface area (Å²) in [6, 6.07) is 22.2. The number of fused-ring (bicyclic) bond motifs is 1. The van der Waals surface area contributed by atoms with E-state index in [1.54, 1.807) is 0 Å². The highest BCUT2D eigenvalue weighted by Crippen LogP contribution is 2.19. The summed E-state index contributed by atoms with van der Waals surface area (Å²) >= 11 is 0. The van der Waals surface area contributed by atoms with Gasteiger partial charge in [0.05, 0.1) is 6.07 Å². The van der Waals surface area contributed by atoms with Crippen molar-refractivity contribution in [1.29, 1.82) is 0 Å². The fourth-order valence-electron chi connectivity index (χ4n) is 2.04. The standard InChI is InChI=1S/C16H14NO.ClHO4/c1-17-15-10-6-5-7-13(15)11-12-16(17)18-14-8-3-2-4-9-14;2-1(3,4)5/h2-12H,1H3;(H,2,3,4,5)/q+1;/p-1. The first-order valence-electron chi connectivity index (χ1n) is 6.57. The molecule has 120 valence electrons. The molecule has 0 saturated carbocycles. The maximum absolute atomic E-state index is 8.49. The van der Waals surface area contributed by atoms with E-state index < -0.39 is 10.2 Å². The average Bonchev–Trinajstić information content (AvgIpc) is 2.50. The van der Waals surface area contributed by atoms with Gasteiger partial charge in [-0.25, -0.2) is 18.6 Å². The largest absolute Gasteiger partial charge is 0.405 e. The normalized spacial score (nSPS) is 10.8. The van der Waals surface area contributed by atoms with Crippen molar-refractivity contribution in [2.45, 2.75) is 0 Å². The Hall–Kier alpha value is -2.22. The third kappa shape index (κ3) is 5.48. The van der Waals surface area contributed by atoms with Gasteiger partial charge in [-0.3, -0.25) is 0 Å². The molecule has 23 heavy (non-hydrogen) atoms. The van der Waals surface area contributed by atoms with Gasteiger partial charge in [0.2, 0.25) is 5.52 Å². The molecular formula is C16H14ClNO5. The maximum atomic E-state index is 8.49. The lowest BCUT2D eigenvalue weighted by molar-refractivity contribution is -2.00. The highest BCUT2D eigenvalue weighted by molar-refractivity contribution is 5.75. The number of para-hydroxylation sites is 2. The number of hydrogen-bond acceptors (Lipinski definition) is 5. The molecule has 1 heterocycles. The first-order chi connectivity index (χ1) is 10.8. The molecule has 2 aromatic carbocycles. The van der Waals surface area contributed by atoms with E-state index in [1.165, 1.54) is 5.39 Å². The number of benzene rings is 2. The Morgan fingerprint density at radius 1 is 0.783 bits per heavy atom. The predicted molar refractivity (Wildman–Crippen MR) is 71.6 cm³/mol. The van der Waals surface area contributed by atoms with Gasteiger partial charge in [0.15, 0.2) is 0 Å². The van der Waals surface area contributed by atoms with Crippen LogP contribution in [0.3, 0.4) is 0 Å². The van der Waals surface area contributed by atoms with Crippen molar-refractivity contribution in [3.05, 3.63) is 66.7 Å². The second-order valence-corrected chi connectivity index (χ2v) is 5.34. The van der Waals surface area contributed by atoms with Crippen LogP contribution in [0.15, 0.2) is 66.7 Å². The minimum Gasteiger partial charge on any atom is -0.405 e. The molecule has 0 aliphatic heterocycles. The molecule has 0 fully saturated rings. The summed E-state index contributed by atoms with van der Waals surface area (Å²) in [6.45, 7) is 0. The number of pyridine rings is 1. The van der Waals surface area contributed by atoms with Crippen LogP contribution in [0.2, 0.25) is 0 Å². The second kappa shape index (κ2) is 7.36. The zero-order valence-electron chi connectivity index (χ0n) is 12.2. The summed E-state index contributed by atoms with van der Waals surface area (Å²) in [5, 5.41) is 1.21. The number of ether oxygens (including phenoxy) is 1. The van der Waals surface area contributed by atoms with Crippen molar-refractivity contribution >= 4 is 10.9 Å². The molecule has 3 aromatic rings. The van der Waals surface area contributed by atoms with Crippen LogP contribution in [0.4, 0.5) is 0 Å². The number of halogens is 1. The third-order valence-electron chi connectivity index (χ3n) is 3.00. The predicted octanol–water partition coefficient (Wildman–Crippen LogP) is -1.30. The van der Waals surface area contributed by atoms with Gasteiger partial charge in [0.1, 0.15) is 12.8 Å². The maximum Gasteiger partial charge on any atom is 0.373 e. The molecule has 0 unspecified atom stereocenters. The Labute approximate surface area is 135 Å². The van der Waals surface area contributed by atoms with Crippen LogP contribution in [0.1, 0.15) is 0 Å². The average molecular weight is 336 g/mol. The van der Waals surface area contributed by atoms with E-state index in [4.69, 9.17) is 23.4 Å². The number of nitrogens with zero attached hydrogens (tertiary/aromatic N) is 1. The van der Waals surface area contributed by atoms with Gasteiger partial charge < -0.3 is 4.74 Å². The molecule has 0 amide bonds. The van der Waals surface area contributed by atoms with Crippen LogP contribution < -0.4 is 27.9 Å². The van der Waals surface area contributed by atoms with E-state index in [0.29, 0.717) is 0 Å². The van der Waals surface area contributed by atoms with E-state index >= 15 is 0 Å². The summed E-state index contributed by atoms with van der Waals surface area (Å²) in [4.78, 5) is 0. The smallest absolute Gasteiger partial charge is 0.373 e. The van der Waals surface area contributed by atoms with Gasteiger partial charge in [-0.15, -0.1) is 10.2 Å². The quantitative estimate of drug-likeness (QED) is 0.541. The Bertz CT molecular complexity index is 768. The second-order valence-electron chi connectivity index (χ2n) is 4.58. The minimum atomic E-state index is -4.94. The summed E-state index contributed by atoms with van der Waals surface area (Å²) in [7, 11) is -2.93. The van der Waals surface area contributed by atoms with E-state index in [-0.39, 0.29) is 0 Å². The topological polar surface area (TPSA) is 105 Å². The van der Waals surface area contributed by atoms with Crippen LogP contribution in [0.25, 0.3) is 10.9 Å². The number of rotatable bonds is 2. The molecule has 0 saturated heterocycles. The van der Waals surface area contributed by atoms with Crippen molar-refractivity contribution in [1.82, 2.24) is 0 Å². The molecule has 0 N–H and O–H groups in total. The summed E-state index contributed by atoms with van der Waals surface area (Å²) in [5.74, 6) is 1.68. The van der Waals surface area contributed by atoms with Crippen LogP contribution >= 0.6 is 0 Å². The van der Waals surface area contributed by atoms with Gasteiger partial charge in [-0.2, -0.15) is 4.57 Å². The van der Waals surface area contributed by atoms with Crippen LogP contribution in [0, 0.1) is 10.2 Å². The summed E-state index contributed by atoms with van der Waals surface area (Å²) in [6.07, 6.45) is 0. The highest BCUT2D eigenvalue weighted by Gasteiger charge is 2.12. The zero-order valence-corrected chi connectivity index (χ0v) is 13.0. The molecule has 0 aliphatic carbocycles. The van der Waals surface area contributed by atoms with Crippen LogP contribution in [-0.2, 0) is 7.05 Å². The fraction of sp³-hybridized carbons (Fsp3) is 0.0625. The molecule has 1 aromatic heterocycles. The molecule has 0 spiro atoms. The Balaban J connectivity index is 0.000000338. The van der Waals surface area contributed by atoms with Crippen LogP contribution in [0.5, 0.6) is 11.6 Å². The van der Waals surface area contributed by atoms with Crippen molar-refractivity contribution in [3.63, 3.8) is 0 Å². The lowest BCUT2D eigenvalue weighted by Crippen LogP contribution is -2.68. The molecule has 0 bridgehead atoms. The number of hydrogen-bond donors (Lipinski definition) is 0. The first kappa shape index (κ1) is 17.1. The van der Waals surface area contributed by atoms with Crippen molar-refractivity contribution in [2.24, 2.45) is 7.05 Å². The minimum absolute atomic E-state index is 0.833. The van der Waals surface area contributed by atoms with Gasteiger partial charge >= 0.3 is 5.88 Å². The number of aromatic nitrogens is 1. The van der Waals surface area contributed by atoms with Crippen molar-refractivity contribution < 1.29 is 38.2 Å². The lowest BCUT2D eigenvalue weighted by Gasteiger charge is -2.17. The summed E-state index contributed by atoms with van der Waals surface area (Å²) in [5.41, 5.74) is 1.16. The molecule has 0 aliphatic rings.